The van der Waals surface area contributed by atoms with Crippen molar-refractivity contribution in [1.29, 1.82) is 0 Å². The van der Waals surface area contributed by atoms with Gasteiger partial charge in [0.15, 0.2) is 11.6 Å². The summed E-state index contributed by atoms with van der Waals surface area (Å²) in [6.45, 7) is 10.6. The number of aromatic nitrogens is 6. The third kappa shape index (κ3) is 3.81. The molecule has 2 aliphatic heterocycles. The Balaban J connectivity index is 1.25. The van der Waals surface area contributed by atoms with Crippen molar-refractivity contribution in [3.05, 3.63) is 66.4 Å². The van der Waals surface area contributed by atoms with Crippen LogP contribution in [-0.4, -0.2) is 72.8 Å². The van der Waals surface area contributed by atoms with E-state index in [2.05, 4.69) is 82.6 Å². The van der Waals surface area contributed by atoms with E-state index in [0.29, 0.717) is 23.6 Å². The summed E-state index contributed by atoms with van der Waals surface area (Å²) in [5.74, 6) is 3.08. The van der Waals surface area contributed by atoms with Gasteiger partial charge in [-0.15, -0.1) is 5.10 Å². The molecule has 10 nitrogen and oxygen atoms in total. The minimum Gasteiger partial charge on any atom is -0.354 e. The number of nitrogens with zero attached hydrogens (tertiary/aromatic N) is 9. The van der Waals surface area contributed by atoms with Gasteiger partial charge < -0.3 is 9.80 Å². The van der Waals surface area contributed by atoms with Gasteiger partial charge in [0.25, 0.3) is 0 Å². The number of piperazine rings is 1. The Labute approximate surface area is 181 Å². The summed E-state index contributed by atoms with van der Waals surface area (Å²) in [5.41, 5.74) is 4.82. The van der Waals surface area contributed by atoms with E-state index < -0.39 is 0 Å². The maximum Gasteiger partial charge on any atom is 0.227 e. The summed E-state index contributed by atoms with van der Waals surface area (Å²) in [4.78, 5) is 13.7. The predicted octanol–water partition coefficient (Wildman–Crippen LogP) is 1.31. The highest BCUT2D eigenvalue weighted by atomic mass is 15.6. The molecule has 0 spiro atoms. The van der Waals surface area contributed by atoms with Crippen LogP contribution in [0.5, 0.6) is 0 Å². The standard InChI is InChI=1S/C21H26N10/c1-16-25-26-27-30(16)20-9-10-22-21(24-20)29-14-12-28(13-15-29)17(2)31-19(8-11-23-31)18-6-4-3-5-7-18/h3-7,9-10,19,23H,2,8,11-15H2,1H3. The molecular formula is C21H26N10. The molecule has 31 heavy (non-hydrogen) atoms. The molecule has 0 radical (unpaired) electrons. The Bertz CT molecular complexity index is 1040. The van der Waals surface area contributed by atoms with Crippen molar-refractivity contribution in [3.8, 4) is 5.82 Å². The number of benzene rings is 1. The Morgan fingerprint density at radius 1 is 1.10 bits per heavy atom. The molecule has 2 saturated heterocycles. The molecule has 160 valence electrons. The molecule has 5 rings (SSSR count). The zero-order chi connectivity index (χ0) is 21.2. The Morgan fingerprint density at radius 3 is 2.65 bits per heavy atom. The zero-order valence-corrected chi connectivity index (χ0v) is 17.6. The maximum atomic E-state index is 4.67. The van der Waals surface area contributed by atoms with E-state index in [9.17, 15) is 0 Å². The first-order chi connectivity index (χ1) is 15.2. The van der Waals surface area contributed by atoms with E-state index in [0.717, 1.165) is 45.0 Å². The number of rotatable bonds is 5. The SMILES string of the molecule is C=C(N1CCN(c2nccc(-n3nnnc3C)n2)CC1)N1NCCC1c1ccccc1. The Kier molecular flexibility index (Phi) is 5.21. The summed E-state index contributed by atoms with van der Waals surface area (Å²) in [5, 5.41) is 13.9. The van der Waals surface area contributed by atoms with Crippen molar-refractivity contribution >= 4 is 5.95 Å². The van der Waals surface area contributed by atoms with Crippen LogP contribution in [0.25, 0.3) is 5.82 Å². The van der Waals surface area contributed by atoms with Crippen LogP contribution in [0.2, 0.25) is 0 Å². The molecule has 0 saturated carbocycles. The highest BCUT2D eigenvalue weighted by Gasteiger charge is 2.30. The number of hydrazine groups is 1. The average molecular weight is 419 g/mol. The van der Waals surface area contributed by atoms with Crippen molar-refractivity contribution < 1.29 is 0 Å². The lowest BCUT2D eigenvalue weighted by Crippen LogP contribution is -2.50. The normalized spacial score (nSPS) is 19.1. The highest BCUT2D eigenvalue weighted by Crippen LogP contribution is 2.30. The van der Waals surface area contributed by atoms with Crippen LogP contribution in [-0.2, 0) is 0 Å². The van der Waals surface area contributed by atoms with Crippen molar-refractivity contribution in [1.82, 2.24) is 45.5 Å². The molecule has 0 aliphatic carbocycles. The minimum absolute atomic E-state index is 0.311. The fraction of sp³-hybridized carbons (Fsp3) is 0.381. The van der Waals surface area contributed by atoms with E-state index in [1.165, 1.54) is 5.56 Å². The van der Waals surface area contributed by atoms with Gasteiger partial charge in [-0.3, -0.25) is 5.01 Å². The largest absolute Gasteiger partial charge is 0.354 e. The number of hydrogen-bond donors (Lipinski definition) is 1. The van der Waals surface area contributed by atoms with E-state index in [-0.39, 0.29) is 0 Å². The summed E-state index contributed by atoms with van der Waals surface area (Å²) in [7, 11) is 0. The van der Waals surface area contributed by atoms with Gasteiger partial charge in [0, 0.05) is 45.0 Å². The lowest BCUT2D eigenvalue weighted by molar-refractivity contribution is 0.151. The smallest absolute Gasteiger partial charge is 0.227 e. The number of nitrogens with one attached hydrogen (secondary N) is 1. The van der Waals surface area contributed by atoms with E-state index >= 15 is 0 Å². The number of anilines is 1. The van der Waals surface area contributed by atoms with Crippen LogP contribution in [0.1, 0.15) is 23.9 Å². The first-order valence-corrected chi connectivity index (χ1v) is 10.6. The van der Waals surface area contributed by atoms with Gasteiger partial charge in [-0.1, -0.05) is 36.9 Å². The first kappa shape index (κ1) is 19.4. The average Bonchev–Trinajstić information content (AvgIpc) is 3.49. The third-order valence-electron chi connectivity index (χ3n) is 5.87. The number of hydrogen-bond acceptors (Lipinski definition) is 9. The lowest BCUT2D eigenvalue weighted by Gasteiger charge is -2.41. The molecule has 2 aromatic heterocycles. The molecule has 1 N–H and O–H groups in total. The fourth-order valence-electron chi connectivity index (χ4n) is 4.19. The molecule has 10 heteroatoms. The lowest BCUT2D eigenvalue weighted by atomic mass is 10.0. The van der Waals surface area contributed by atoms with Gasteiger partial charge in [0.05, 0.1) is 6.04 Å². The Morgan fingerprint density at radius 2 is 1.90 bits per heavy atom. The molecule has 4 heterocycles. The summed E-state index contributed by atoms with van der Waals surface area (Å²) in [6, 6.07) is 12.7. The summed E-state index contributed by atoms with van der Waals surface area (Å²) in [6.07, 6.45) is 2.82. The molecule has 0 amide bonds. The number of tetrazole rings is 1. The van der Waals surface area contributed by atoms with Crippen molar-refractivity contribution in [3.63, 3.8) is 0 Å². The molecule has 2 aliphatic rings. The van der Waals surface area contributed by atoms with Crippen LogP contribution < -0.4 is 10.3 Å². The molecule has 3 aromatic rings. The Hall–Kier alpha value is -3.53. The molecule has 0 bridgehead atoms. The quantitative estimate of drug-likeness (QED) is 0.658. The summed E-state index contributed by atoms with van der Waals surface area (Å²) >= 11 is 0. The van der Waals surface area contributed by atoms with Crippen molar-refractivity contribution in [2.24, 2.45) is 0 Å². The third-order valence-corrected chi connectivity index (χ3v) is 5.87. The van der Waals surface area contributed by atoms with Crippen LogP contribution in [0.3, 0.4) is 0 Å². The van der Waals surface area contributed by atoms with Crippen molar-refractivity contribution in [2.75, 3.05) is 37.6 Å². The predicted molar refractivity (Wildman–Crippen MR) is 116 cm³/mol. The van der Waals surface area contributed by atoms with Gasteiger partial charge in [-0.05, 0) is 29.3 Å². The van der Waals surface area contributed by atoms with Crippen LogP contribution in [0.4, 0.5) is 5.95 Å². The van der Waals surface area contributed by atoms with E-state index in [1.807, 2.05) is 13.0 Å². The molecular weight excluding hydrogens is 392 g/mol. The van der Waals surface area contributed by atoms with E-state index in [4.69, 9.17) is 0 Å². The second kappa shape index (κ2) is 8.31. The fourth-order valence-corrected chi connectivity index (χ4v) is 4.19. The molecule has 2 fully saturated rings. The monoisotopic (exact) mass is 418 g/mol. The van der Waals surface area contributed by atoms with Crippen LogP contribution in [0, 0.1) is 6.92 Å². The minimum atomic E-state index is 0.311. The second-order valence-corrected chi connectivity index (χ2v) is 7.74. The highest BCUT2D eigenvalue weighted by molar-refractivity contribution is 5.35. The van der Waals surface area contributed by atoms with Crippen LogP contribution >= 0.6 is 0 Å². The van der Waals surface area contributed by atoms with Crippen LogP contribution in [0.15, 0.2) is 55.0 Å². The summed E-state index contributed by atoms with van der Waals surface area (Å²) < 4.78 is 1.62. The van der Waals surface area contributed by atoms with Gasteiger partial charge >= 0.3 is 0 Å². The van der Waals surface area contributed by atoms with Gasteiger partial charge in [-0.25, -0.2) is 10.4 Å². The van der Waals surface area contributed by atoms with Crippen molar-refractivity contribution in [2.45, 2.75) is 19.4 Å². The molecule has 1 aromatic carbocycles. The second-order valence-electron chi connectivity index (χ2n) is 7.74. The molecule has 1 unspecified atom stereocenters. The topological polar surface area (TPSA) is 91.1 Å². The van der Waals surface area contributed by atoms with Gasteiger partial charge in [0.2, 0.25) is 5.95 Å². The molecule has 1 atom stereocenters. The number of aryl methyl sites for hydroxylation is 1. The zero-order valence-electron chi connectivity index (χ0n) is 17.6. The maximum absolute atomic E-state index is 4.67. The van der Waals surface area contributed by atoms with E-state index in [1.54, 1.807) is 10.9 Å². The van der Waals surface area contributed by atoms with Gasteiger partial charge in [-0.2, -0.15) is 9.67 Å². The van der Waals surface area contributed by atoms with Gasteiger partial charge in [0.1, 0.15) is 5.82 Å². The first-order valence-electron chi connectivity index (χ1n) is 10.6.